The summed E-state index contributed by atoms with van der Waals surface area (Å²) in [7, 11) is 1.73. The van der Waals surface area contributed by atoms with Gasteiger partial charge in [-0.15, -0.1) is 0 Å². The third-order valence-electron chi connectivity index (χ3n) is 0.779. The van der Waals surface area contributed by atoms with Gasteiger partial charge in [-0.25, -0.2) is 0 Å². The Morgan fingerprint density at radius 1 is 1.86 bits per heavy atom. The second-order valence-electron chi connectivity index (χ2n) is 1.37. The fourth-order valence-corrected chi connectivity index (χ4v) is 0.239. The lowest BCUT2D eigenvalue weighted by Gasteiger charge is -1.85. The lowest BCUT2D eigenvalue weighted by Crippen LogP contribution is -1.88. The molecule has 0 heterocycles. The van der Waals surface area contributed by atoms with Crippen LogP contribution in [0.5, 0.6) is 0 Å². The quantitative estimate of drug-likeness (QED) is 0.502. The molecule has 0 unspecified atom stereocenters. The van der Waals surface area contributed by atoms with Crippen LogP contribution in [-0.4, -0.2) is 19.0 Å². The first-order chi connectivity index (χ1) is 3.31. The summed E-state index contributed by atoms with van der Waals surface area (Å²) in [6.45, 7) is 1.91. The van der Waals surface area contributed by atoms with Crippen molar-refractivity contribution in [3.63, 3.8) is 0 Å². The van der Waals surface area contributed by atoms with E-state index in [1.807, 2.05) is 6.92 Å². The van der Waals surface area contributed by atoms with Crippen LogP contribution in [0, 0.1) is 5.41 Å². The second kappa shape index (κ2) is 3.53. The Labute approximate surface area is 43.8 Å². The third kappa shape index (κ3) is 3.16. The highest BCUT2D eigenvalue weighted by atomic mass is 14.7. The number of aliphatic imine (C=N–C) groups is 1. The summed E-state index contributed by atoms with van der Waals surface area (Å²) in [5, 5.41) is 6.63. The molecule has 1 N–H and O–H groups in total. The van der Waals surface area contributed by atoms with E-state index in [4.69, 9.17) is 5.41 Å². The Balaban J connectivity index is 3.36. The van der Waals surface area contributed by atoms with E-state index in [1.165, 1.54) is 6.21 Å². The first-order valence-corrected chi connectivity index (χ1v) is 2.22. The summed E-state index contributed by atoms with van der Waals surface area (Å²) in [6.07, 6.45) is 2.04. The third-order valence-corrected chi connectivity index (χ3v) is 0.779. The Morgan fingerprint density at radius 3 is 2.57 bits per heavy atom. The van der Waals surface area contributed by atoms with Crippen molar-refractivity contribution < 1.29 is 0 Å². The van der Waals surface area contributed by atoms with Crippen molar-refractivity contribution in [3.05, 3.63) is 0 Å². The molecule has 0 spiro atoms. The minimum Gasteiger partial charge on any atom is -0.313 e. The van der Waals surface area contributed by atoms with Gasteiger partial charge in [-0.2, -0.15) is 0 Å². The van der Waals surface area contributed by atoms with E-state index in [9.17, 15) is 0 Å². The van der Waals surface area contributed by atoms with Gasteiger partial charge in [0.15, 0.2) is 0 Å². The van der Waals surface area contributed by atoms with E-state index >= 15 is 0 Å². The summed E-state index contributed by atoms with van der Waals surface area (Å²) in [5.74, 6) is 0. The lowest BCUT2D eigenvalue weighted by atomic mass is 10.3. The summed E-state index contributed by atoms with van der Waals surface area (Å²) in [5.41, 5.74) is 1.01. The second-order valence-corrected chi connectivity index (χ2v) is 1.37. The fourth-order valence-electron chi connectivity index (χ4n) is 0.239. The maximum Gasteiger partial charge on any atom is 0.0276 e. The highest BCUT2D eigenvalue weighted by Crippen LogP contribution is 1.77. The smallest absolute Gasteiger partial charge is 0.0276 e. The van der Waals surface area contributed by atoms with Crippen molar-refractivity contribution in [2.45, 2.75) is 13.3 Å². The van der Waals surface area contributed by atoms with Crippen molar-refractivity contribution in [2.75, 3.05) is 7.05 Å². The maximum absolute atomic E-state index is 6.63. The average Bonchev–Trinajstić information content (AvgIpc) is 1.68. The van der Waals surface area contributed by atoms with Crippen molar-refractivity contribution in [3.8, 4) is 0 Å². The number of hydrogen-bond acceptors (Lipinski definition) is 2. The minimum absolute atomic E-state index is 0.691. The minimum atomic E-state index is 0.691. The molecule has 0 aliphatic carbocycles. The van der Waals surface area contributed by atoms with Crippen molar-refractivity contribution in [1.82, 2.24) is 0 Å². The van der Waals surface area contributed by atoms with Gasteiger partial charge in [0.05, 0.1) is 0 Å². The van der Waals surface area contributed by atoms with Crippen LogP contribution in [0.2, 0.25) is 0 Å². The van der Waals surface area contributed by atoms with Gasteiger partial charge >= 0.3 is 0 Å². The molecule has 2 nitrogen and oxygen atoms in total. The van der Waals surface area contributed by atoms with E-state index in [-0.39, 0.29) is 0 Å². The highest BCUT2D eigenvalue weighted by Gasteiger charge is 1.79. The number of nitrogens with zero attached hydrogens (tertiary/aromatic N) is 1. The zero-order chi connectivity index (χ0) is 5.70. The van der Waals surface area contributed by atoms with Gasteiger partial charge in [-0.3, -0.25) is 4.99 Å². The Bertz CT molecular complexity index is 84.1. The predicted molar refractivity (Wildman–Crippen MR) is 32.4 cm³/mol. The molecule has 7 heavy (non-hydrogen) atoms. The summed E-state index contributed by atoms with van der Waals surface area (Å²) >= 11 is 0. The van der Waals surface area contributed by atoms with Gasteiger partial charge in [0.25, 0.3) is 0 Å². The van der Waals surface area contributed by atoms with Crippen LogP contribution in [0.3, 0.4) is 0 Å². The largest absolute Gasteiger partial charge is 0.313 e. The Hall–Kier alpha value is -0.660. The van der Waals surface area contributed by atoms with E-state index in [0.29, 0.717) is 6.42 Å². The summed E-state index contributed by atoms with van der Waals surface area (Å²) in [6, 6.07) is 0. The van der Waals surface area contributed by atoms with Crippen molar-refractivity contribution >= 4 is 11.9 Å². The molecule has 2 heteroatoms. The van der Waals surface area contributed by atoms with Crippen LogP contribution >= 0.6 is 0 Å². The van der Waals surface area contributed by atoms with Gasteiger partial charge in [0.1, 0.15) is 0 Å². The van der Waals surface area contributed by atoms with Gasteiger partial charge < -0.3 is 5.41 Å². The molecule has 0 radical (unpaired) electrons. The number of hydrogen-bond donors (Lipinski definition) is 1. The Morgan fingerprint density at radius 2 is 2.43 bits per heavy atom. The first-order valence-electron chi connectivity index (χ1n) is 2.22. The predicted octanol–water partition coefficient (Wildman–Crippen LogP) is 1.12. The molecule has 0 aromatic rings. The SMILES string of the molecule is CN=C(C)CC=N. The van der Waals surface area contributed by atoms with Gasteiger partial charge in [0, 0.05) is 25.4 Å². The molecule has 0 aromatic heterocycles. The fraction of sp³-hybridized carbons (Fsp3) is 0.600. The van der Waals surface area contributed by atoms with E-state index in [0.717, 1.165) is 5.71 Å². The molecule has 0 bridgehead atoms. The van der Waals surface area contributed by atoms with Crippen LogP contribution < -0.4 is 0 Å². The molecule has 0 fully saturated rings. The molecular weight excluding hydrogens is 88.1 g/mol. The van der Waals surface area contributed by atoms with Crippen LogP contribution in [0.4, 0.5) is 0 Å². The normalized spacial score (nSPS) is 11.4. The van der Waals surface area contributed by atoms with Crippen molar-refractivity contribution in [1.29, 1.82) is 5.41 Å². The van der Waals surface area contributed by atoms with Gasteiger partial charge in [0.2, 0.25) is 0 Å². The van der Waals surface area contributed by atoms with Crippen LogP contribution in [0.1, 0.15) is 13.3 Å². The van der Waals surface area contributed by atoms with Crippen LogP contribution in [-0.2, 0) is 0 Å². The molecule has 0 aliphatic rings. The molecule has 0 amide bonds. The van der Waals surface area contributed by atoms with Gasteiger partial charge in [-0.1, -0.05) is 0 Å². The lowest BCUT2D eigenvalue weighted by molar-refractivity contribution is 1.36. The maximum atomic E-state index is 6.63. The monoisotopic (exact) mass is 98.1 g/mol. The zero-order valence-electron chi connectivity index (χ0n) is 4.73. The van der Waals surface area contributed by atoms with Crippen LogP contribution in [0.15, 0.2) is 4.99 Å². The molecule has 0 atom stereocenters. The summed E-state index contributed by atoms with van der Waals surface area (Å²) in [4.78, 5) is 3.84. The van der Waals surface area contributed by atoms with E-state index < -0.39 is 0 Å². The average molecular weight is 98.1 g/mol. The molecule has 0 aromatic carbocycles. The number of nitrogens with one attached hydrogen (secondary N) is 1. The molecule has 0 saturated carbocycles. The Kier molecular flexibility index (Phi) is 3.19. The van der Waals surface area contributed by atoms with E-state index in [2.05, 4.69) is 4.99 Å². The number of rotatable bonds is 2. The van der Waals surface area contributed by atoms with Crippen molar-refractivity contribution in [2.24, 2.45) is 4.99 Å². The van der Waals surface area contributed by atoms with E-state index in [1.54, 1.807) is 7.05 Å². The van der Waals surface area contributed by atoms with Gasteiger partial charge in [-0.05, 0) is 6.92 Å². The summed E-state index contributed by atoms with van der Waals surface area (Å²) < 4.78 is 0. The highest BCUT2D eigenvalue weighted by molar-refractivity contribution is 5.92. The molecule has 40 valence electrons. The standard InChI is InChI=1S/C5H10N2/c1-5(7-2)3-4-6/h4,6H,3H2,1-2H3. The topological polar surface area (TPSA) is 36.2 Å². The molecule has 0 aliphatic heterocycles. The first kappa shape index (κ1) is 6.34. The molecular formula is C5H10N2. The van der Waals surface area contributed by atoms with Crippen LogP contribution in [0.25, 0.3) is 0 Å². The zero-order valence-corrected chi connectivity index (χ0v) is 4.73. The molecule has 0 rings (SSSR count). The molecule has 0 saturated heterocycles.